The number of aliphatic hydroxyl groups excluding tert-OH is 1. The minimum Gasteiger partial charge on any atom is -0.396 e. The Labute approximate surface area is 123 Å². The molecule has 1 unspecified atom stereocenters. The van der Waals surface area contributed by atoms with Crippen molar-refractivity contribution in [3.05, 3.63) is 69.7 Å². The molecule has 0 saturated carbocycles. The van der Waals surface area contributed by atoms with Crippen LogP contribution in [0.5, 0.6) is 0 Å². The van der Waals surface area contributed by atoms with Crippen molar-refractivity contribution in [1.82, 2.24) is 0 Å². The van der Waals surface area contributed by atoms with Crippen LogP contribution in [0.4, 0.5) is 0 Å². The molecule has 0 radical (unpaired) electrons. The summed E-state index contributed by atoms with van der Waals surface area (Å²) in [5.74, 6) is 0.275. The predicted octanol–water partition coefficient (Wildman–Crippen LogP) is 4.15. The fraction of sp³-hybridized carbons (Fsp3) is 0.294. The molecule has 0 spiro atoms. The van der Waals surface area contributed by atoms with Crippen LogP contribution in [0.25, 0.3) is 0 Å². The maximum absolute atomic E-state index is 9.56. The zero-order chi connectivity index (χ0) is 13.7. The maximum atomic E-state index is 9.56. The molecule has 19 heavy (non-hydrogen) atoms. The van der Waals surface area contributed by atoms with Crippen LogP contribution in [0, 0.1) is 12.8 Å². The standard InChI is InChI=1S/C17H19BrO/c1-13-5-7-14(8-6-13)9-16(12-19)10-15-3-2-4-17(18)11-15/h2-8,11,16,19H,9-10,12H2,1H3. The molecule has 2 rings (SSSR count). The molecule has 1 nitrogen and oxygen atoms in total. The third-order valence-corrected chi connectivity index (χ3v) is 3.81. The highest BCUT2D eigenvalue weighted by molar-refractivity contribution is 9.10. The Kier molecular flexibility index (Phi) is 5.17. The maximum Gasteiger partial charge on any atom is 0.0465 e. The summed E-state index contributed by atoms with van der Waals surface area (Å²) in [4.78, 5) is 0. The van der Waals surface area contributed by atoms with E-state index in [1.54, 1.807) is 0 Å². The van der Waals surface area contributed by atoms with Gasteiger partial charge in [0.25, 0.3) is 0 Å². The first kappa shape index (κ1) is 14.3. The van der Waals surface area contributed by atoms with E-state index in [-0.39, 0.29) is 12.5 Å². The number of aryl methyl sites for hydroxylation is 1. The van der Waals surface area contributed by atoms with E-state index in [2.05, 4.69) is 59.3 Å². The van der Waals surface area contributed by atoms with E-state index in [4.69, 9.17) is 0 Å². The van der Waals surface area contributed by atoms with Crippen LogP contribution in [-0.2, 0) is 12.8 Å². The second kappa shape index (κ2) is 6.88. The molecule has 2 heteroatoms. The van der Waals surface area contributed by atoms with E-state index in [1.807, 2.05) is 12.1 Å². The van der Waals surface area contributed by atoms with Gasteiger partial charge in [-0.2, -0.15) is 0 Å². The largest absolute Gasteiger partial charge is 0.396 e. The quantitative estimate of drug-likeness (QED) is 0.878. The third-order valence-electron chi connectivity index (χ3n) is 3.32. The highest BCUT2D eigenvalue weighted by Crippen LogP contribution is 2.18. The summed E-state index contributed by atoms with van der Waals surface area (Å²) in [6, 6.07) is 16.9. The van der Waals surface area contributed by atoms with Crippen molar-refractivity contribution in [2.45, 2.75) is 19.8 Å². The summed E-state index contributed by atoms with van der Waals surface area (Å²) >= 11 is 3.49. The first-order valence-electron chi connectivity index (χ1n) is 6.58. The number of hydrogen-bond donors (Lipinski definition) is 1. The number of rotatable bonds is 5. The van der Waals surface area contributed by atoms with Gasteiger partial charge in [0.2, 0.25) is 0 Å². The summed E-state index contributed by atoms with van der Waals surface area (Å²) in [5.41, 5.74) is 3.83. The summed E-state index contributed by atoms with van der Waals surface area (Å²) < 4.78 is 1.09. The van der Waals surface area contributed by atoms with Crippen LogP contribution in [0.15, 0.2) is 53.0 Å². The van der Waals surface area contributed by atoms with Gasteiger partial charge in [0.15, 0.2) is 0 Å². The molecular formula is C17H19BrO. The van der Waals surface area contributed by atoms with Crippen molar-refractivity contribution in [2.24, 2.45) is 5.92 Å². The lowest BCUT2D eigenvalue weighted by Gasteiger charge is -2.14. The normalized spacial score (nSPS) is 12.4. The molecule has 0 amide bonds. The molecule has 1 atom stereocenters. The lowest BCUT2D eigenvalue weighted by Crippen LogP contribution is -2.13. The van der Waals surface area contributed by atoms with Crippen LogP contribution < -0.4 is 0 Å². The van der Waals surface area contributed by atoms with Crippen molar-refractivity contribution in [3.8, 4) is 0 Å². The van der Waals surface area contributed by atoms with Gasteiger partial charge in [0, 0.05) is 11.1 Å². The molecule has 0 heterocycles. The molecule has 0 aliphatic heterocycles. The topological polar surface area (TPSA) is 20.2 Å². The summed E-state index contributed by atoms with van der Waals surface area (Å²) in [6.07, 6.45) is 1.83. The smallest absolute Gasteiger partial charge is 0.0465 e. The SMILES string of the molecule is Cc1ccc(CC(CO)Cc2cccc(Br)c2)cc1. The molecule has 100 valence electrons. The zero-order valence-corrected chi connectivity index (χ0v) is 12.7. The van der Waals surface area contributed by atoms with E-state index >= 15 is 0 Å². The molecule has 0 fully saturated rings. The first-order chi connectivity index (χ1) is 9.17. The minimum atomic E-state index is 0.223. The molecule has 0 aliphatic carbocycles. The van der Waals surface area contributed by atoms with Crippen molar-refractivity contribution in [1.29, 1.82) is 0 Å². The number of hydrogen-bond acceptors (Lipinski definition) is 1. The summed E-state index contributed by atoms with van der Waals surface area (Å²) in [5, 5.41) is 9.56. The fourth-order valence-electron chi connectivity index (χ4n) is 2.26. The summed E-state index contributed by atoms with van der Waals surface area (Å²) in [6.45, 7) is 2.31. The van der Waals surface area contributed by atoms with Gasteiger partial charge in [-0.15, -0.1) is 0 Å². The molecule has 0 bridgehead atoms. The van der Waals surface area contributed by atoms with E-state index in [0.717, 1.165) is 17.3 Å². The Morgan fingerprint density at radius 1 is 1.00 bits per heavy atom. The van der Waals surface area contributed by atoms with Gasteiger partial charge in [-0.1, -0.05) is 57.9 Å². The van der Waals surface area contributed by atoms with Crippen LogP contribution in [0.3, 0.4) is 0 Å². The number of aliphatic hydroxyl groups is 1. The van der Waals surface area contributed by atoms with Gasteiger partial charge < -0.3 is 5.11 Å². The Morgan fingerprint density at radius 3 is 2.32 bits per heavy atom. The Bertz CT molecular complexity index is 519. The lowest BCUT2D eigenvalue weighted by atomic mass is 9.93. The Morgan fingerprint density at radius 2 is 1.68 bits per heavy atom. The average molecular weight is 319 g/mol. The van der Waals surface area contributed by atoms with Crippen molar-refractivity contribution < 1.29 is 5.11 Å². The molecular weight excluding hydrogens is 300 g/mol. The van der Waals surface area contributed by atoms with Crippen molar-refractivity contribution in [2.75, 3.05) is 6.61 Å². The van der Waals surface area contributed by atoms with Gasteiger partial charge >= 0.3 is 0 Å². The van der Waals surface area contributed by atoms with E-state index < -0.39 is 0 Å². The number of benzene rings is 2. The predicted molar refractivity (Wildman–Crippen MR) is 83.3 cm³/mol. The van der Waals surface area contributed by atoms with E-state index in [1.165, 1.54) is 16.7 Å². The molecule has 2 aromatic carbocycles. The molecule has 2 aromatic rings. The van der Waals surface area contributed by atoms with Crippen LogP contribution >= 0.6 is 15.9 Å². The highest BCUT2D eigenvalue weighted by atomic mass is 79.9. The molecule has 1 N–H and O–H groups in total. The number of halogens is 1. The van der Waals surface area contributed by atoms with Crippen molar-refractivity contribution >= 4 is 15.9 Å². The third kappa shape index (κ3) is 4.48. The Balaban J connectivity index is 2.02. The van der Waals surface area contributed by atoms with Gasteiger partial charge in [-0.25, -0.2) is 0 Å². The monoisotopic (exact) mass is 318 g/mol. The van der Waals surface area contributed by atoms with Gasteiger partial charge in [0.05, 0.1) is 0 Å². The van der Waals surface area contributed by atoms with Crippen LogP contribution in [0.1, 0.15) is 16.7 Å². The highest BCUT2D eigenvalue weighted by Gasteiger charge is 2.10. The average Bonchev–Trinajstić information content (AvgIpc) is 2.40. The lowest BCUT2D eigenvalue weighted by molar-refractivity contribution is 0.225. The first-order valence-corrected chi connectivity index (χ1v) is 7.37. The second-order valence-corrected chi connectivity index (χ2v) is 5.99. The molecule has 0 aromatic heterocycles. The van der Waals surface area contributed by atoms with Gasteiger partial charge in [0.1, 0.15) is 0 Å². The van der Waals surface area contributed by atoms with Gasteiger partial charge in [-0.05, 0) is 48.9 Å². The Hall–Kier alpha value is -1.12. The van der Waals surface area contributed by atoms with E-state index in [9.17, 15) is 5.11 Å². The second-order valence-electron chi connectivity index (χ2n) is 5.07. The molecule has 0 aliphatic rings. The fourth-order valence-corrected chi connectivity index (χ4v) is 2.70. The minimum absolute atomic E-state index is 0.223. The summed E-state index contributed by atoms with van der Waals surface area (Å²) in [7, 11) is 0. The van der Waals surface area contributed by atoms with E-state index in [0.29, 0.717) is 0 Å². The molecule has 0 saturated heterocycles. The van der Waals surface area contributed by atoms with Crippen LogP contribution in [-0.4, -0.2) is 11.7 Å². The van der Waals surface area contributed by atoms with Crippen LogP contribution in [0.2, 0.25) is 0 Å². The van der Waals surface area contributed by atoms with Gasteiger partial charge in [-0.3, -0.25) is 0 Å². The zero-order valence-electron chi connectivity index (χ0n) is 11.1. The van der Waals surface area contributed by atoms with Crippen molar-refractivity contribution in [3.63, 3.8) is 0 Å².